The lowest BCUT2D eigenvalue weighted by atomic mass is 10.1. The fourth-order valence-corrected chi connectivity index (χ4v) is 3.37. The number of benzene rings is 1. The van der Waals surface area contributed by atoms with E-state index in [2.05, 4.69) is 6.92 Å². The first-order chi connectivity index (χ1) is 13.0. The molecule has 6 heteroatoms. The maximum absolute atomic E-state index is 13.1. The summed E-state index contributed by atoms with van der Waals surface area (Å²) in [6.45, 7) is 9.36. The fourth-order valence-electron chi connectivity index (χ4n) is 3.37. The molecular formula is C21H31N3O3. The molecule has 2 aromatic rings. The van der Waals surface area contributed by atoms with E-state index < -0.39 is 0 Å². The van der Waals surface area contributed by atoms with Crippen LogP contribution in [0.2, 0.25) is 0 Å². The van der Waals surface area contributed by atoms with Gasteiger partial charge >= 0.3 is 0 Å². The third-order valence-electron chi connectivity index (χ3n) is 4.71. The minimum Gasteiger partial charge on any atom is -0.383 e. The second-order valence-electron chi connectivity index (χ2n) is 7.05. The second-order valence-corrected chi connectivity index (χ2v) is 7.05. The van der Waals surface area contributed by atoms with Crippen molar-refractivity contribution in [3.8, 4) is 0 Å². The van der Waals surface area contributed by atoms with Gasteiger partial charge in [0, 0.05) is 19.6 Å². The molecule has 0 fully saturated rings. The van der Waals surface area contributed by atoms with E-state index in [1.807, 2.05) is 43.9 Å². The van der Waals surface area contributed by atoms with Crippen LogP contribution < -0.4 is 5.56 Å². The molecule has 0 aliphatic heterocycles. The molecule has 0 spiro atoms. The Morgan fingerprint density at radius 2 is 1.96 bits per heavy atom. The summed E-state index contributed by atoms with van der Waals surface area (Å²) in [5, 5.41) is 0.587. The topological polar surface area (TPSA) is 64.4 Å². The lowest BCUT2D eigenvalue weighted by Crippen LogP contribution is -2.41. The van der Waals surface area contributed by atoms with Crippen LogP contribution in [0, 0.1) is 5.92 Å². The monoisotopic (exact) mass is 373 g/mol. The SMILES string of the molecule is CCCN(C(=O)C(C)C)C(CC)c1nc2ccccc2c(=O)n1CCOC. The predicted octanol–water partition coefficient (Wildman–Crippen LogP) is 3.39. The average molecular weight is 373 g/mol. The van der Waals surface area contributed by atoms with E-state index in [1.54, 1.807) is 17.7 Å². The standard InChI is InChI=1S/C21H31N3O3/c1-6-12-23(20(25)15(3)4)18(7-2)19-22-17-11-9-8-10-16(17)21(26)24(19)13-14-27-5/h8-11,15,18H,6-7,12-14H2,1-5H3. The Bertz CT molecular complexity index is 829. The van der Waals surface area contributed by atoms with Gasteiger partial charge in [-0.2, -0.15) is 0 Å². The van der Waals surface area contributed by atoms with Crippen LogP contribution >= 0.6 is 0 Å². The van der Waals surface area contributed by atoms with Gasteiger partial charge in [-0.25, -0.2) is 4.98 Å². The first-order valence-electron chi connectivity index (χ1n) is 9.75. The summed E-state index contributed by atoms with van der Waals surface area (Å²) in [6.07, 6.45) is 1.54. The van der Waals surface area contributed by atoms with Crippen molar-refractivity contribution in [2.24, 2.45) is 5.92 Å². The zero-order chi connectivity index (χ0) is 20.0. The normalized spacial score (nSPS) is 12.5. The lowest BCUT2D eigenvalue weighted by Gasteiger charge is -2.33. The molecule has 0 saturated carbocycles. The molecule has 0 radical (unpaired) electrons. The van der Waals surface area contributed by atoms with Crippen LogP contribution in [-0.4, -0.2) is 40.6 Å². The zero-order valence-corrected chi connectivity index (χ0v) is 17.1. The highest BCUT2D eigenvalue weighted by molar-refractivity contribution is 5.79. The number of aromatic nitrogens is 2. The van der Waals surface area contributed by atoms with Crippen LogP contribution in [0.1, 0.15) is 52.4 Å². The van der Waals surface area contributed by atoms with Crippen LogP contribution in [0.5, 0.6) is 0 Å². The van der Waals surface area contributed by atoms with Crippen molar-refractivity contribution in [3.63, 3.8) is 0 Å². The highest BCUT2D eigenvalue weighted by atomic mass is 16.5. The van der Waals surface area contributed by atoms with E-state index in [-0.39, 0.29) is 23.4 Å². The Morgan fingerprint density at radius 1 is 1.26 bits per heavy atom. The average Bonchev–Trinajstić information content (AvgIpc) is 2.67. The number of fused-ring (bicyclic) bond motifs is 1. The van der Waals surface area contributed by atoms with E-state index in [0.29, 0.717) is 42.8 Å². The smallest absolute Gasteiger partial charge is 0.261 e. The molecule has 1 unspecified atom stereocenters. The summed E-state index contributed by atoms with van der Waals surface area (Å²) in [7, 11) is 1.61. The van der Waals surface area contributed by atoms with Crippen molar-refractivity contribution in [3.05, 3.63) is 40.4 Å². The molecule has 1 aromatic heterocycles. The van der Waals surface area contributed by atoms with E-state index in [4.69, 9.17) is 9.72 Å². The van der Waals surface area contributed by atoms with Gasteiger partial charge in [-0.05, 0) is 25.0 Å². The Balaban J connectivity index is 2.67. The molecule has 0 bridgehead atoms. The zero-order valence-electron chi connectivity index (χ0n) is 17.1. The number of amides is 1. The molecule has 0 aliphatic carbocycles. The van der Waals surface area contributed by atoms with Gasteiger partial charge in [-0.3, -0.25) is 14.2 Å². The van der Waals surface area contributed by atoms with E-state index in [9.17, 15) is 9.59 Å². The van der Waals surface area contributed by atoms with E-state index >= 15 is 0 Å². The summed E-state index contributed by atoms with van der Waals surface area (Å²) >= 11 is 0. The summed E-state index contributed by atoms with van der Waals surface area (Å²) in [5.74, 6) is 0.621. The first-order valence-corrected chi connectivity index (χ1v) is 9.75. The Morgan fingerprint density at radius 3 is 2.56 bits per heavy atom. The van der Waals surface area contributed by atoms with E-state index in [1.165, 1.54) is 0 Å². The van der Waals surface area contributed by atoms with Gasteiger partial charge in [-0.1, -0.05) is 39.8 Å². The number of carbonyl (C=O) groups is 1. The molecule has 1 atom stereocenters. The van der Waals surface area contributed by atoms with Crippen molar-refractivity contribution in [2.45, 2.75) is 53.1 Å². The number of carbonyl (C=O) groups excluding carboxylic acids is 1. The number of hydrogen-bond acceptors (Lipinski definition) is 4. The highest BCUT2D eigenvalue weighted by Gasteiger charge is 2.29. The summed E-state index contributed by atoms with van der Waals surface area (Å²) in [4.78, 5) is 32.7. The number of ether oxygens (including phenoxy) is 1. The van der Waals surface area contributed by atoms with Gasteiger partial charge in [0.2, 0.25) is 5.91 Å². The Hall–Kier alpha value is -2.21. The Labute approximate surface area is 161 Å². The molecule has 0 N–H and O–H groups in total. The van der Waals surface area contributed by atoms with Crippen LogP contribution in [0.25, 0.3) is 10.9 Å². The number of para-hydroxylation sites is 1. The largest absolute Gasteiger partial charge is 0.383 e. The van der Waals surface area contributed by atoms with E-state index in [0.717, 1.165) is 6.42 Å². The minimum atomic E-state index is -0.242. The molecule has 0 saturated heterocycles. The third kappa shape index (κ3) is 4.56. The van der Waals surface area contributed by atoms with Crippen molar-refractivity contribution >= 4 is 16.8 Å². The van der Waals surface area contributed by atoms with Crippen molar-refractivity contribution < 1.29 is 9.53 Å². The molecule has 1 aromatic carbocycles. The lowest BCUT2D eigenvalue weighted by molar-refractivity contribution is -0.137. The number of methoxy groups -OCH3 is 1. The number of hydrogen-bond donors (Lipinski definition) is 0. The molecule has 148 valence electrons. The third-order valence-corrected chi connectivity index (χ3v) is 4.71. The van der Waals surface area contributed by atoms with Gasteiger partial charge in [0.05, 0.1) is 30.1 Å². The first kappa shape index (κ1) is 21.1. The molecule has 1 amide bonds. The molecule has 0 aliphatic rings. The predicted molar refractivity (Wildman–Crippen MR) is 108 cm³/mol. The van der Waals surface area contributed by atoms with Crippen LogP contribution in [0.3, 0.4) is 0 Å². The van der Waals surface area contributed by atoms with Crippen LogP contribution in [0.15, 0.2) is 29.1 Å². The minimum absolute atomic E-state index is 0.0838. The van der Waals surface area contributed by atoms with Gasteiger partial charge in [-0.15, -0.1) is 0 Å². The van der Waals surface area contributed by atoms with Gasteiger partial charge in [0.1, 0.15) is 5.82 Å². The molecule has 1 heterocycles. The summed E-state index contributed by atoms with van der Waals surface area (Å²) in [6, 6.07) is 7.12. The van der Waals surface area contributed by atoms with Gasteiger partial charge < -0.3 is 9.64 Å². The molecule has 6 nitrogen and oxygen atoms in total. The summed E-state index contributed by atoms with van der Waals surface area (Å²) in [5.41, 5.74) is 0.581. The van der Waals surface area contributed by atoms with Gasteiger partial charge in [0.25, 0.3) is 5.56 Å². The highest BCUT2D eigenvalue weighted by Crippen LogP contribution is 2.25. The Kier molecular flexibility index (Phi) is 7.54. The molecule has 27 heavy (non-hydrogen) atoms. The second kappa shape index (κ2) is 9.65. The van der Waals surface area contributed by atoms with Crippen molar-refractivity contribution in [1.29, 1.82) is 0 Å². The maximum Gasteiger partial charge on any atom is 0.261 e. The number of rotatable bonds is 9. The van der Waals surface area contributed by atoms with Gasteiger partial charge in [0.15, 0.2) is 0 Å². The van der Waals surface area contributed by atoms with Crippen LogP contribution in [-0.2, 0) is 16.1 Å². The maximum atomic E-state index is 13.1. The van der Waals surface area contributed by atoms with Crippen molar-refractivity contribution in [1.82, 2.24) is 14.5 Å². The number of nitrogens with zero attached hydrogens (tertiary/aromatic N) is 3. The quantitative estimate of drug-likeness (QED) is 0.676. The molecular weight excluding hydrogens is 342 g/mol. The van der Waals surface area contributed by atoms with Crippen molar-refractivity contribution in [2.75, 3.05) is 20.3 Å². The van der Waals surface area contributed by atoms with Crippen LogP contribution in [0.4, 0.5) is 0 Å². The summed E-state index contributed by atoms with van der Waals surface area (Å²) < 4.78 is 6.88. The fraction of sp³-hybridized carbons (Fsp3) is 0.571. The molecule has 2 rings (SSSR count).